The molecule has 0 saturated heterocycles. The maximum atomic E-state index is 13.6. The molecule has 0 fully saturated rings. The second kappa shape index (κ2) is 5.41. The Labute approximate surface area is 96.2 Å². The lowest BCUT2D eigenvalue weighted by Crippen LogP contribution is -2.32. The van der Waals surface area contributed by atoms with Crippen LogP contribution in [0.4, 0.5) is 4.39 Å². The molecule has 0 amide bonds. The van der Waals surface area contributed by atoms with Crippen LogP contribution in [0.3, 0.4) is 0 Å². The Morgan fingerprint density at radius 2 is 2.19 bits per heavy atom. The van der Waals surface area contributed by atoms with Crippen LogP contribution < -0.4 is 5.73 Å². The number of hydrogen-bond donors (Lipinski definition) is 1. The molecule has 2 N–H and O–H groups in total. The summed E-state index contributed by atoms with van der Waals surface area (Å²) in [7, 11) is 0. The van der Waals surface area contributed by atoms with Gasteiger partial charge in [-0.3, -0.25) is 4.90 Å². The van der Waals surface area contributed by atoms with Crippen LogP contribution in [-0.4, -0.2) is 24.5 Å². The van der Waals surface area contributed by atoms with Crippen molar-refractivity contribution in [2.24, 2.45) is 5.73 Å². The van der Waals surface area contributed by atoms with Crippen molar-refractivity contribution in [3.63, 3.8) is 0 Å². The van der Waals surface area contributed by atoms with E-state index in [1.54, 1.807) is 12.1 Å². The number of benzene rings is 1. The predicted octanol–water partition coefficient (Wildman–Crippen LogP) is 1.92. The zero-order valence-electron chi connectivity index (χ0n) is 9.58. The van der Waals surface area contributed by atoms with E-state index in [9.17, 15) is 4.39 Å². The third-order valence-corrected chi connectivity index (χ3v) is 3.22. The molecule has 1 heterocycles. The summed E-state index contributed by atoms with van der Waals surface area (Å²) in [6, 6.07) is 5.40. The van der Waals surface area contributed by atoms with Crippen LogP contribution in [0.2, 0.25) is 0 Å². The summed E-state index contributed by atoms with van der Waals surface area (Å²) in [6.45, 7) is 3.58. The third-order valence-electron chi connectivity index (χ3n) is 3.22. The highest BCUT2D eigenvalue weighted by Gasteiger charge is 2.18. The Hall–Kier alpha value is -0.930. The predicted molar refractivity (Wildman–Crippen MR) is 63.7 cm³/mol. The largest absolute Gasteiger partial charge is 0.330 e. The van der Waals surface area contributed by atoms with Gasteiger partial charge in [-0.2, -0.15) is 0 Å². The molecule has 0 aromatic heterocycles. The Bertz CT molecular complexity index is 352. The van der Waals surface area contributed by atoms with E-state index in [0.29, 0.717) is 0 Å². The highest BCUT2D eigenvalue weighted by Crippen LogP contribution is 2.21. The summed E-state index contributed by atoms with van der Waals surface area (Å²) in [6.07, 6.45) is 3.14. The van der Waals surface area contributed by atoms with Crippen molar-refractivity contribution in [2.75, 3.05) is 19.6 Å². The Balaban J connectivity index is 1.97. The molecule has 88 valence electrons. The maximum absolute atomic E-state index is 13.6. The van der Waals surface area contributed by atoms with E-state index < -0.39 is 0 Å². The summed E-state index contributed by atoms with van der Waals surface area (Å²) < 4.78 is 13.6. The smallest absolute Gasteiger partial charge is 0.127 e. The van der Waals surface area contributed by atoms with Crippen LogP contribution in [0, 0.1) is 5.82 Å². The summed E-state index contributed by atoms with van der Waals surface area (Å²) >= 11 is 0. The molecule has 0 atom stereocenters. The minimum Gasteiger partial charge on any atom is -0.330 e. The summed E-state index contributed by atoms with van der Waals surface area (Å²) in [5.41, 5.74) is 7.53. The van der Waals surface area contributed by atoms with Crippen LogP contribution in [-0.2, 0) is 13.0 Å². The Morgan fingerprint density at radius 1 is 1.31 bits per heavy atom. The van der Waals surface area contributed by atoms with Crippen molar-refractivity contribution >= 4 is 0 Å². The topological polar surface area (TPSA) is 29.3 Å². The van der Waals surface area contributed by atoms with Gasteiger partial charge in [-0.15, -0.1) is 0 Å². The third kappa shape index (κ3) is 2.60. The first-order valence-corrected chi connectivity index (χ1v) is 6.00. The zero-order chi connectivity index (χ0) is 11.4. The van der Waals surface area contributed by atoms with E-state index in [4.69, 9.17) is 5.73 Å². The molecule has 1 aliphatic rings. The van der Waals surface area contributed by atoms with Gasteiger partial charge in [0.15, 0.2) is 0 Å². The fourth-order valence-electron chi connectivity index (χ4n) is 2.27. The molecule has 0 bridgehead atoms. The van der Waals surface area contributed by atoms with Gasteiger partial charge in [0.1, 0.15) is 5.82 Å². The fraction of sp³-hybridized carbons (Fsp3) is 0.538. The van der Waals surface area contributed by atoms with E-state index in [1.807, 2.05) is 6.07 Å². The van der Waals surface area contributed by atoms with Gasteiger partial charge in [-0.25, -0.2) is 4.39 Å². The summed E-state index contributed by atoms with van der Waals surface area (Å²) in [4.78, 5) is 2.32. The van der Waals surface area contributed by atoms with Crippen molar-refractivity contribution in [1.82, 2.24) is 4.90 Å². The lowest BCUT2D eigenvalue weighted by Gasteiger charge is -2.28. The van der Waals surface area contributed by atoms with E-state index in [1.165, 1.54) is 5.56 Å². The number of unbranched alkanes of at least 4 members (excludes halogenated alkanes) is 1. The normalized spacial score (nSPS) is 16.1. The second-order valence-electron chi connectivity index (χ2n) is 4.40. The van der Waals surface area contributed by atoms with Gasteiger partial charge in [0.05, 0.1) is 0 Å². The average molecular weight is 222 g/mol. The SMILES string of the molecule is NCCCCN1CCc2cccc(F)c2C1. The van der Waals surface area contributed by atoms with E-state index in [0.717, 1.165) is 51.0 Å². The number of nitrogens with two attached hydrogens (primary N) is 1. The molecule has 0 spiro atoms. The van der Waals surface area contributed by atoms with Crippen molar-refractivity contribution in [3.8, 4) is 0 Å². The number of hydrogen-bond acceptors (Lipinski definition) is 2. The van der Waals surface area contributed by atoms with Crippen LogP contribution in [0.15, 0.2) is 18.2 Å². The molecule has 2 nitrogen and oxygen atoms in total. The first-order valence-electron chi connectivity index (χ1n) is 6.00. The highest BCUT2D eigenvalue weighted by atomic mass is 19.1. The van der Waals surface area contributed by atoms with E-state index in [-0.39, 0.29) is 5.82 Å². The first kappa shape index (κ1) is 11.6. The quantitative estimate of drug-likeness (QED) is 0.789. The summed E-state index contributed by atoms with van der Waals surface area (Å²) in [5, 5.41) is 0. The van der Waals surface area contributed by atoms with Gasteiger partial charge in [-0.1, -0.05) is 12.1 Å². The molecule has 1 aromatic carbocycles. The van der Waals surface area contributed by atoms with E-state index >= 15 is 0 Å². The minimum absolute atomic E-state index is 0.0546. The van der Waals surface area contributed by atoms with Gasteiger partial charge < -0.3 is 5.73 Å². The number of nitrogens with zero attached hydrogens (tertiary/aromatic N) is 1. The van der Waals surface area contributed by atoms with Crippen LogP contribution in [0.5, 0.6) is 0 Å². The minimum atomic E-state index is -0.0546. The highest BCUT2D eigenvalue weighted by molar-refractivity contribution is 5.30. The van der Waals surface area contributed by atoms with Crippen LogP contribution in [0.1, 0.15) is 24.0 Å². The zero-order valence-corrected chi connectivity index (χ0v) is 9.58. The molecule has 1 aromatic rings. The van der Waals surface area contributed by atoms with E-state index in [2.05, 4.69) is 4.90 Å². The first-order chi connectivity index (χ1) is 7.81. The van der Waals surface area contributed by atoms with Crippen LogP contribution in [0.25, 0.3) is 0 Å². The second-order valence-corrected chi connectivity index (χ2v) is 4.40. The van der Waals surface area contributed by atoms with Crippen molar-refractivity contribution < 1.29 is 4.39 Å². The molecule has 16 heavy (non-hydrogen) atoms. The lowest BCUT2D eigenvalue weighted by atomic mass is 9.99. The number of rotatable bonds is 4. The molecular weight excluding hydrogens is 203 g/mol. The van der Waals surface area contributed by atoms with Gasteiger partial charge in [0.2, 0.25) is 0 Å². The molecular formula is C13H19FN2. The monoisotopic (exact) mass is 222 g/mol. The molecule has 3 heteroatoms. The van der Waals surface area contributed by atoms with Gasteiger partial charge in [0.25, 0.3) is 0 Å². The van der Waals surface area contributed by atoms with Gasteiger partial charge in [0, 0.05) is 18.7 Å². The molecule has 0 unspecified atom stereocenters. The number of halogens is 1. The standard InChI is InChI=1S/C13H19FN2/c14-13-5-3-4-11-6-9-16(10-12(11)13)8-2-1-7-15/h3-5H,1-2,6-10,15H2. The fourth-order valence-corrected chi connectivity index (χ4v) is 2.27. The molecule has 0 radical (unpaired) electrons. The Kier molecular flexibility index (Phi) is 3.91. The molecule has 2 rings (SSSR count). The summed E-state index contributed by atoms with van der Waals surface area (Å²) in [5.74, 6) is -0.0546. The average Bonchev–Trinajstić information content (AvgIpc) is 2.30. The van der Waals surface area contributed by atoms with Crippen molar-refractivity contribution in [2.45, 2.75) is 25.8 Å². The van der Waals surface area contributed by atoms with Crippen molar-refractivity contribution in [1.29, 1.82) is 0 Å². The lowest BCUT2D eigenvalue weighted by molar-refractivity contribution is 0.245. The molecule has 0 saturated carbocycles. The molecule has 0 aliphatic carbocycles. The van der Waals surface area contributed by atoms with Gasteiger partial charge >= 0.3 is 0 Å². The Morgan fingerprint density at radius 3 is 3.00 bits per heavy atom. The molecule has 1 aliphatic heterocycles. The number of fused-ring (bicyclic) bond motifs is 1. The van der Waals surface area contributed by atoms with Crippen LogP contribution >= 0.6 is 0 Å². The maximum Gasteiger partial charge on any atom is 0.127 e. The van der Waals surface area contributed by atoms with Gasteiger partial charge in [-0.05, 0) is 44.0 Å². The van der Waals surface area contributed by atoms with Crippen molar-refractivity contribution in [3.05, 3.63) is 35.1 Å².